The SMILES string of the molecule is CCSc1nnc(Cc2cccc(OC)c2)o1. The summed E-state index contributed by atoms with van der Waals surface area (Å²) in [6.45, 7) is 2.05. The van der Waals surface area contributed by atoms with Gasteiger partial charge in [-0.05, 0) is 23.4 Å². The van der Waals surface area contributed by atoms with Gasteiger partial charge in [-0.2, -0.15) is 0 Å². The normalized spacial score (nSPS) is 10.5. The second-order valence-electron chi connectivity index (χ2n) is 3.42. The molecule has 1 aromatic heterocycles. The summed E-state index contributed by atoms with van der Waals surface area (Å²) >= 11 is 1.55. The van der Waals surface area contributed by atoms with E-state index in [1.54, 1.807) is 18.9 Å². The zero-order chi connectivity index (χ0) is 12.1. The molecule has 0 N–H and O–H groups in total. The van der Waals surface area contributed by atoms with Gasteiger partial charge >= 0.3 is 0 Å². The van der Waals surface area contributed by atoms with Crippen LogP contribution in [0.4, 0.5) is 0 Å². The molecule has 0 aliphatic heterocycles. The Morgan fingerprint density at radius 1 is 1.35 bits per heavy atom. The lowest BCUT2D eigenvalue weighted by Gasteiger charge is -2.01. The zero-order valence-corrected chi connectivity index (χ0v) is 10.7. The molecule has 0 radical (unpaired) electrons. The molecule has 4 nitrogen and oxygen atoms in total. The van der Waals surface area contributed by atoms with Crippen LogP contribution in [0.2, 0.25) is 0 Å². The van der Waals surface area contributed by atoms with Crippen LogP contribution in [0.3, 0.4) is 0 Å². The van der Waals surface area contributed by atoms with Crippen molar-refractivity contribution in [3.8, 4) is 5.75 Å². The van der Waals surface area contributed by atoms with E-state index in [1.165, 1.54) is 0 Å². The summed E-state index contributed by atoms with van der Waals surface area (Å²) in [5.74, 6) is 2.40. The average molecular weight is 250 g/mol. The molecule has 2 rings (SSSR count). The predicted octanol–water partition coefficient (Wildman–Crippen LogP) is 2.78. The second kappa shape index (κ2) is 5.72. The van der Waals surface area contributed by atoms with Crippen molar-refractivity contribution < 1.29 is 9.15 Å². The third-order valence-electron chi connectivity index (χ3n) is 2.21. The fraction of sp³-hybridized carbons (Fsp3) is 0.333. The van der Waals surface area contributed by atoms with Gasteiger partial charge in [0.2, 0.25) is 5.89 Å². The fourth-order valence-corrected chi connectivity index (χ4v) is 1.95. The molecular formula is C12H14N2O2S. The number of benzene rings is 1. The third kappa shape index (κ3) is 3.23. The first-order chi connectivity index (χ1) is 8.31. The molecule has 0 fully saturated rings. The minimum atomic E-state index is 0.630. The van der Waals surface area contributed by atoms with E-state index in [-0.39, 0.29) is 0 Å². The summed E-state index contributed by atoms with van der Waals surface area (Å²) in [6, 6.07) is 7.85. The van der Waals surface area contributed by atoms with Gasteiger partial charge in [-0.3, -0.25) is 0 Å². The maximum Gasteiger partial charge on any atom is 0.276 e. The van der Waals surface area contributed by atoms with Gasteiger partial charge in [-0.15, -0.1) is 10.2 Å². The van der Waals surface area contributed by atoms with Crippen LogP contribution in [0.25, 0.3) is 0 Å². The molecule has 0 bridgehead atoms. The molecule has 0 spiro atoms. The molecule has 2 aromatic rings. The molecule has 0 saturated heterocycles. The van der Waals surface area contributed by atoms with E-state index >= 15 is 0 Å². The van der Waals surface area contributed by atoms with Crippen LogP contribution in [0, 0.1) is 0 Å². The van der Waals surface area contributed by atoms with Gasteiger partial charge in [-0.1, -0.05) is 30.8 Å². The Morgan fingerprint density at radius 3 is 3.00 bits per heavy atom. The van der Waals surface area contributed by atoms with Gasteiger partial charge in [0.15, 0.2) is 0 Å². The monoisotopic (exact) mass is 250 g/mol. The average Bonchev–Trinajstić information content (AvgIpc) is 2.77. The lowest BCUT2D eigenvalue weighted by Crippen LogP contribution is -1.90. The molecule has 0 amide bonds. The summed E-state index contributed by atoms with van der Waals surface area (Å²) in [5.41, 5.74) is 1.10. The minimum absolute atomic E-state index is 0.630. The fourth-order valence-electron chi connectivity index (χ4n) is 1.45. The van der Waals surface area contributed by atoms with Gasteiger partial charge in [0.1, 0.15) is 5.75 Å². The Bertz CT molecular complexity index is 485. The molecule has 1 aromatic carbocycles. The number of aromatic nitrogens is 2. The van der Waals surface area contributed by atoms with E-state index in [0.717, 1.165) is 17.1 Å². The van der Waals surface area contributed by atoms with Crippen LogP contribution in [0.5, 0.6) is 5.75 Å². The first-order valence-electron chi connectivity index (χ1n) is 5.40. The molecule has 1 heterocycles. The van der Waals surface area contributed by atoms with Crippen molar-refractivity contribution >= 4 is 11.8 Å². The quantitative estimate of drug-likeness (QED) is 0.764. The first kappa shape index (κ1) is 12.0. The largest absolute Gasteiger partial charge is 0.497 e. The molecule has 0 atom stereocenters. The predicted molar refractivity (Wildman–Crippen MR) is 66.5 cm³/mol. The highest BCUT2D eigenvalue weighted by molar-refractivity contribution is 7.99. The lowest BCUT2D eigenvalue weighted by molar-refractivity contribution is 0.412. The maximum absolute atomic E-state index is 5.50. The van der Waals surface area contributed by atoms with Crippen molar-refractivity contribution in [1.29, 1.82) is 0 Å². The van der Waals surface area contributed by atoms with Crippen molar-refractivity contribution in [2.45, 2.75) is 18.6 Å². The van der Waals surface area contributed by atoms with Crippen LogP contribution in [0.1, 0.15) is 18.4 Å². The van der Waals surface area contributed by atoms with Gasteiger partial charge in [0.05, 0.1) is 13.5 Å². The van der Waals surface area contributed by atoms with E-state index in [1.807, 2.05) is 24.3 Å². The zero-order valence-electron chi connectivity index (χ0n) is 9.84. The number of thioether (sulfide) groups is 1. The maximum atomic E-state index is 5.50. The van der Waals surface area contributed by atoms with Crippen molar-refractivity contribution in [3.05, 3.63) is 35.7 Å². The molecule has 0 aliphatic rings. The summed E-state index contributed by atoms with van der Waals surface area (Å²) < 4.78 is 10.7. The van der Waals surface area contributed by atoms with Crippen LogP contribution < -0.4 is 4.74 Å². The van der Waals surface area contributed by atoms with Crippen molar-refractivity contribution in [2.75, 3.05) is 12.9 Å². The number of hydrogen-bond donors (Lipinski definition) is 0. The Hall–Kier alpha value is -1.49. The Kier molecular flexibility index (Phi) is 4.03. The number of ether oxygens (including phenoxy) is 1. The number of methoxy groups -OCH3 is 1. The number of nitrogens with zero attached hydrogens (tertiary/aromatic N) is 2. The molecular weight excluding hydrogens is 236 g/mol. The summed E-state index contributed by atoms with van der Waals surface area (Å²) in [7, 11) is 1.65. The number of rotatable bonds is 5. The lowest BCUT2D eigenvalue weighted by atomic mass is 10.1. The van der Waals surface area contributed by atoms with Crippen molar-refractivity contribution in [2.24, 2.45) is 0 Å². The van der Waals surface area contributed by atoms with E-state index in [9.17, 15) is 0 Å². The summed E-state index contributed by atoms with van der Waals surface area (Å²) in [5, 5.41) is 8.60. The number of hydrogen-bond acceptors (Lipinski definition) is 5. The minimum Gasteiger partial charge on any atom is -0.497 e. The van der Waals surface area contributed by atoms with E-state index in [4.69, 9.17) is 9.15 Å². The Balaban J connectivity index is 2.08. The second-order valence-corrected chi connectivity index (χ2v) is 4.64. The topological polar surface area (TPSA) is 48.2 Å². The smallest absolute Gasteiger partial charge is 0.276 e. The highest BCUT2D eigenvalue weighted by Crippen LogP contribution is 2.19. The highest BCUT2D eigenvalue weighted by Gasteiger charge is 2.07. The molecule has 0 aliphatic carbocycles. The summed E-state index contributed by atoms with van der Waals surface area (Å²) in [4.78, 5) is 0. The third-order valence-corrected chi connectivity index (χ3v) is 2.91. The molecule has 5 heteroatoms. The van der Waals surface area contributed by atoms with Gasteiger partial charge in [-0.25, -0.2) is 0 Å². The van der Waals surface area contributed by atoms with Gasteiger partial charge in [0.25, 0.3) is 5.22 Å². The van der Waals surface area contributed by atoms with Gasteiger partial charge < -0.3 is 9.15 Å². The van der Waals surface area contributed by atoms with Crippen molar-refractivity contribution in [3.63, 3.8) is 0 Å². The van der Waals surface area contributed by atoms with Crippen molar-refractivity contribution in [1.82, 2.24) is 10.2 Å². The van der Waals surface area contributed by atoms with Crippen LogP contribution in [-0.4, -0.2) is 23.1 Å². The van der Waals surface area contributed by atoms with E-state index < -0.39 is 0 Å². The standard InChI is InChI=1S/C12H14N2O2S/c1-3-17-12-14-13-11(16-12)8-9-5-4-6-10(7-9)15-2/h4-7H,3,8H2,1-2H3. The van der Waals surface area contributed by atoms with Crippen LogP contribution in [0.15, 0.2) is 33.9 Å². The van der Waals surface area contributed by atoms with E-state index in [0.29, 0.717) is 17.5 Å². The van der Waals surface area contributed by atoms with Gasteiger partial charge in [0, 0.05) is 0 Å². The molecule has 0 unspecified atom stereocenters. The Morgan fingerprint density at radius 2 is 2.24 bits per heavy atom. The van der Waals surface area contributed by atoms with Crippen LogP contribution in [-0.2, 0) is 6.42 Å². The molecule has 90 valence electrons. The highest BCUT2D eigenvalue weighted by atomic mass is 32.2. The van der Waals surface area contributed by atoms with E-state index in [2.05, 4.69) is 17.1 Å². The summed E-state index contributed by atoms with van der Waals surface area (Å²) in [6.07, 6.45) is 0.633. The molecule has 0 saturated carbocycles. The van der Waals surface area contributed by atoms with Crippen LogP contribution >= 0.6 is 11.8 Å². The molecule has 17 heavy (non-hydrogen) atoms. The first-order valence-corrected chi connectivity index (χ1v) is 6.38. The Labute approximate surface area is 104 Å².